The zero-order valence-electron chi connectivity index (χ0n) is 19.8. The van der Waals surface area contributed by atoms with E-state index >= 15 is 0 Å². The van der Waals surface area contributed by atoms with Crippen molar-refractivity contribution in [2.45, 2.75) is 13.8 Å². The number of aryl methyl sites for hydroxylation is 1. The Kier molecular flexibility index (Phi) is 7.85. The van der Waals surface area contributed by atoms with Crippen LogP contribution in [0.25, 0.3) is 11.1 Å². The molecule has 0 atom stereocenters. The monoisotopic (exact) mass is 446 g/mol. The Morgan fingerprint density at radius 1 is 0.909 bits per heavy atom. The summed E-state index contributed by atoms with van der Waals surface area (Å²) in [5, 5.41) is 2.92. The highest BCUT2D eigenvalue weighted by Crippen LogP contribution is 2.31. The van der Waals surface area contributed by atoms with Gasteiger partial charge in [0, 0.05) is 29.4 Å². The smallest absolute Gasteiger partial charge is 0.255 e. The Morgan fingerprint density at radius 3 is 2.21 bits per heavy atom. The summed E-state index contributed by atoms with van der Waals surface area (Å²) in [4.78, 5) is 26.4. The molecule has 0 saturated heterocycles. The number of benzene rings is 3. The number of amides is 1. The topological polar surface area (TPSA) is 67.9 Å². The third-order valence-electron chi connectivity index (χ3n) is 5.31. The normalized spacial score (nSPS) is 10.7. The minimum Gasteiger partial charge on any atom is -0.493 e. The second-order valence-electron chi connectivity index (χ2n) is 8.13. The Balaban J connectivity index is 1.72. The maximum atomic E-state index is 12.8. The van der Waals surface area contributed by atoms with Crippen LogP contribution in [0.4, 0.5) is 5.69 Å². The van der Waals surface area contributed by atoms with Crippen molar-refractivity contribution in [3.05, 3.63) is 77.4 Å². The molecule has 172 valence electrons. The highest BCUT2D eigenvalue weighted by Gasteiger charge is 2.11. The molecule has 1 N–H and O–H groups in total. The Bertz CT molecular complexity index is 1140. The fraction of sp³-hybridized carbons (Fsp3) is 0.259. The predicted octanol–water partition coefficient (Wildman–Crippen LogP) is 5.07. The molecule has 0 unspecified atom stereocenters. The lowest BCUT2D eigenvalue weighted by molar-refractivity contribution is 0.101. The number of ether oxygens (including phenoxy) is 2. The molecule has 3 rings (SSSR count). The van der Waals surface area contributed by atoms with Gasteiger partial charge in [-0.15, -0.1) is 0 Å². The number of nitrogens with one attached hydrogen (secondary N) is 1. The second-order valence-corrected chi connectivity index (χ2v) is 8.13. The molecule has 0 aliphatic heterocycles. The lowest BCUT2D eigenvalue weighted by Crippen LogP contribution is -2.19. The van der Waals surface area contributed by atoms with Crippen molar-refractivity contribution in [3.63, 3.8) is 0 Å². The SMILES string of the molecule is COc1ccc(NC(=O)c2ccc(-c3ccc(C(C)=O)cc3C)cc2)cc1OCCN(C)C. The van der Waals surface area contributed by atoms with Crippen LogP contribution in [0.5, 0.6) is 11.5 Å². The third kappa shape index (κ3) is 6.20. The van der Waals surface area contributed by atoms with E-state index < -0.39 is 0 Å². The van der Waals surface area contributed by atoms with Gasteiger partial charge in [-0.05, 0) is 75.0 Å². The molecule has 0 bridgehead atoms. The van der Waals surface area contributed by atoms with Crippen LogP contribution in [-0.4, -0.2) is 50.9 Å². The van der Waals surface area contributed by atoms with Crippen molar-refractivity contribution in [1.82, 2.24) is 4.90 Å². The number of hydrogen-bond donors (Lipinski definition) is 1. The molecule has 6 nitrogen and oxygen atoms in total. The summed E-state index contributed by atoms with van der Waals surface area (Å²) in [5.74, 6) is 1.02. The molecule has 0 aromatic heterocycles. The largest absolute Gasteiger partial charge is 0.493 e. The molecule has 0 radical (unpaired) electrons. The van der Waals surface area contributed by atoms with Crippen molar-refractivity contribution < 1.29 is 19.1 Å². The van der Waals surface area contributed by atoms with E-state index in [1.807, 2.05) is 56.3 Å². The van der Waals surface area contributed by atoms with Crippen LogP contribution in [0.15, 0.2) is 60.7 Å². The first-order valence-electron chi connectivity index (χ1n) is 10.8. The number of methoxy groups -OCH3 is 1. The number of ketones is 1. The zero-order valence-corrected chi connectivity index (χ0v) is 19.8. The summed E-state index contributed by atoms with van der Waals surface area (Å²) in [5.41, 5.74) is 4.89. The number of carbonyl (C=O) groups excluding carboxylic acids is 2. The summed E-state index contributed by atoms with van der Waals surface area (Å²) in [6.45, 7) is 4.81. The van der Waals surface area contributed by atoms with Crippen LogP contribution < -0.4 is 14.8 Å². The molecule has 0 heterocycles. The lowest BCUT2D eigenvalue weighted by Gasteiger charge is -2.15. The molecule has 3 aromatic carbocycles. The molecular weight excluding hydrogens is 416 g/mol. The van der Waals surface area contributed by atoms with Gasteiger partial charge >= 0.3 is 0 Å². The van der Waals surface area contributed by atoms with Gasteiger partial charge in [0.05, 0.1) is 7.11 Å². The highest BCUT2D eigenvalue weighted by atomic mass is 16.5. The fourth-order valence-corrected chi connectivity index (χ4v) is 3.42. The number of rotatable bonds is 9. The number of anilines is 1. The van der Waals surface area contributed by atoms with E-state index in [9.17, 15) is 9.59 Å². The van der Waals surface area contributed by atoms with E-state index in [0.717, 1.165) is 23.2 Å². The first-order chi connectivity index (χ1) is 15.8. The number of nitrogens with zero attached hydrogens (tertiary/aromatic N) is 1. The van der Waals surface area contributed by atoms with Crippen LogP contribution in [0.3, 0.4) is 0 Å². The molecule has 0 spiro atoms. The summed E-state index contributed by atoms with van der Waals surface area (Å²) in [6.07, 6.45) is 0. The van der Waals surface area contributed by atoms with E-state index in [-0.39, 0.29) is 11.7 Å². The fourth-order valence-electron chi connectivity index (χ4n) is 3.42. The van der Waals surface area contributed by atoms with Crippen molar-refractivity contribution in [2.24, 2.45) is 0 Å². The van der Waals surface area contributed by atoms with Crippen molar-refractivity contribution in [1.29, 1.82) is 0 Å². The van der Waals surface area contributed by atoms with Gasteiger partial charge in [-0.25, -0.2) is 0 Å². The standard InChI is InChI=1S/C27H30N2O4/c1-18-16-22(19(2)30)10-12-24(18)20-6-8-21(9-7-20)27(31)28-23-11-13-25(32-5)26(17-23)33-15-14-29(3)4/h6-13,16-17H,14-15H2,1-5H3,(H,28,31). The Hall–Kier alpha value is -3.64. The van der Waals surface area contributed by atoms with E-state index in [1.165, 1.54) is 0 Å². The van der Waals surface area contributed by atoms with Crippen LogP contribution in [-0.2, 0) is 0 Å². The number of likely N-dealkylation sites (N-methyl/N-ethyl adjacent to an activating group) is 1. The van der Waals surface area contributed by atoms with Gasteiger partial charge in [0.1, 0.15) is 6.61 Å². The molecular formula is C27H30N2O4. The summed E-state index contributed by atoms with van der Waals surface area (Å²) >= 11 is 0. The van der Waals surface area contributed by atoms with Crippen molar-refractivity contribution >= 4 is 17.4 Å². The van der Waals surface area contributed by atoms with Gasteiger partial charge in [-0.3, -0.25) is 9.59 Å². The average Bonchev–Trinajstić information content (AvgIpc) is 2.79. The van der Waals surface area contributed by atoms with Crippen LogP contribution in [0.2, 0.25) is 0 Å². The van der Waals surface area contributed by atoms with Gasteiger partial charge < -0.3 is 19.7 Å². The Labute approximate surface area is 195 Å². The molecule has 0 fully saturated rings. The Morgan fingerprint density at radius 2 is 1.61 bits per heavy atom. The van der Waals surface area contributed by atoms with Gasteiger partial charge in [-0.2, -0.15) is 0 Å². The average molecular weight is 447 g/mol. The lowest BCUT2D eigenvalue weighted by atomic mass is 9.96. The number of Topliss-reactive ketones (excluding diaryl/α,β-unsaturated/α-hetero) is 1. The van der Waals surface area contributed by atoms with Gasteiger partial charge in [-0.1, -0.05) is 24.3 Å². The van der Waals surface area contributed by atoms with Gasteiger partial charge in [0.25, 0.3) is 5.91 Å². The summed E-state index contributed by atoms with van der Waals surface area (Å²) in [7, 11) is 5.54. The van der Waals surface area contributed by atoms with Crippen molar-refractivity contribution in [3.8, 4) is 22.6 Å². The number of hydrogen-bond acceptors (Lipinski definition) is 5. The van der Waals surface area contributed by atoms with E-state index in [0.29, 0.717) is 34.9 Å². The van der Waals surface area contributed by atoms with Gasteiger partial charge in [0.2, 0.25) is 0 Å². The predicted molar refractivity (Wildman–Crippen MR) is 132 cm³/mol. The van der Waals surface area contributed by atoms with Crippen molar-refractivity contribution in [2.75, 3.05) is 39.7 Å². The first kappa shape index (κ1) is 24.0. The minimum absolute atomic E-state index is 0.0430. The first-order valence-corrected chi connectivity index (χ1v) is 10.8. The van der Waals surface area contributed by atoms with E-state index in [4.69, 9.17) is 9.47 Å². The second kappa shape index (κ2) is 10.8. The molecule has 33 heavy (non-hydrogen) atoms. The van der Waals surface area contributed by atoms with Gasteiger partial charge in [0.15, 0.2) is 17.3 Å². The summed E-state index contributed by atoms with van der Waals surface area (Å²) < 4.78 is 11.2. The van der Waals surface area contributed by atoms with Crippen LogP contribution in [0.1, 0.15) is 33.2 Å². The summed E-state index contributed by atoms with van der Waals surface area (Å²) in [6, 6.07) is 18.4. The molecule has 3 aromatic rings. The molecule has 0 aliphatic carbocycles. The molecule has 1 amide bonds. The van der Waals surface area contributed by atoms with Crippen LogP contribution in [0, 0.1) is 6.92 Å². The molecule has 0 aliphatic rings. The maximum Gasteiger partial charge on any atom is 0.255 e. The highest BCUT2D eigenvalue weighted by molar-refractivity contribution is 6.04. The van der Waals surface area contributed by atoms with E-state index in [1.54, 1.807) is 44.4 Å². The minimum atomic E-state index is -0.213. The number of carbonyl (C=O) groups is 2. The quantitative estimate of drug-likeness (QED) is 0.465. The molecule has 0 saturated carbocycles. The van der Waals surface area contributed by atoms with Crippen LogP contribution >= 0.6 is 0 Å². The maximum absolute atomic E-state index is 12.8. The zero-order chi connectivity index (χ0) is 24.0. The van der Waals surface area contributed by atoms with E-state index in [2.05, 4.69) is 5.32 Å². The molecule has 6 heteroatoms. The third-order valence-corrected chi connectivity index (χ3v) is 5.31.